The van der Waals surface area contributed by atoms with Gasteiger partial charge in [-0.25, -0.2) is 0 Å². The van der Waals surface area contributed by atoms with Crippen LogP contribution < -0.4 is 5.32 Å². The Bertz CT molecular complexity index is 287. The Hall–Kier alpha value is -0.820. The van der Waals surface area contributed by atoms with E-state index in [9.17, 15) is 0 Å². The Balaban J connectivity index is 2.32. The van der Waals surface area contributed by atoms with Crippen LogP contribution in [0.25, 0.3) is 0 Å². The molecule has 1 nitrogen and oxygen atoms in total. The second-order valence-electron chi connectivity index (χ2n) is 4.95. The van der Waals surface area contributed by atoms with Crippen molar-refractivity contribution < 1.29 is 0 Å². The number of aryl methyl sites for hydroxylation is 1. The van der Waals surface area contributed by atoms with Gasteiger partial charge in [-0.1, -0.05) is 50.6 Å². The van der Waals surface area contributed by atoms with E-state index in [0.717, 1.165) is 18.9 Å². The maximum atomic E-state index is 3.63. The molecule has 0 saturated carbocycles. The number of hydrogen-bond donors (Lipinski definition) is 1. The first kappa shape index (κ1) is 13.2. The predicted octanol–water partition coefficient (Wildman–Crippen LogP) is 3.56. The molecule has 0 saturated heterocycles. The van der Waals surface area contributed by atoms with Gasteiger partial charge in [0.05, 0.1) is 0 Å². The van der Waals surface area contributed by atoms with Crippen molar-refractivity contribution in [3.05, 3.63) is 35.4 Å². The van der Waals surface area contributed by atoms with Gasteiger partial charge < -0.3 is 5.32 Å². The van der Waals surface area contributed by atoms with Crippen LogP contribution in [-0.2, 0) is 6.42 Å². The molecule has 1 heteroatoms. The van der Waals surface area contributed by atoms with Crippen LogP contribution in [0.5, 0.6) is 0 Å². The highest BCUT2D eigenvalue weighted by atomic mass is 14.9. The van der Waals surface area contributed by atoms with Gasteiger partial charge in [0.25, 0.3) is 0 Å². The Kier molecular flexibility index (Phi) is 5.54. The molecule has 1 N–H and O–H groups in total. The number of rotatable bonds is 6. The molecule has 0 aromatic heterocycles. The molecule has 0 heterocycles. The van der Waals surface area contributed by atoms with Crippen molar-refractivity contribution in [3.8, 4) is 0 Å². The minimum atomic E-state index is 0.658. The van der Waals surface area contributed by atoms with E-state index >= 15 is 0 Å². The predicted molar refractivity (Wildman–Crippen MR) is 71.8 cm³/mol. The average molecular weight is 219 g/mol. The lowest BCUT2D eigenvalue weighted by molar-refractivity contribution is 0.391. The lowest BCUT2D eigenvalue weighted by atomic mass is 10.0. The first-order chi connectivity index (χ1) is 7.63. The minimum absolute atomic E-state index is 0.658. The minimum Gasteiger partial charge on any atom is -0.313 e. The summed E-state index contributed by atoms with van der Waals surface area (Å²) in [6, 6.07) is 9.50. The fourth-order valence-corrected chi connectivity index (χ4v) is 2.01. The van der Waals surface area contributed by atoms with Crippen molar-refractivity contribution in [2.45, 2.75) is 46.6 Å². The molecule has 0 fully saturated rings. The second kappa shape index (κ2) is 6.70. The first-order valence-electron chi connectivity index (χ1n) is 6.42. The Labute approximate surface area is 100 Å². The monoisotopic (exact) mass is 219 g/mol. The van der Waals surface area contributed by atoms with E-state index < -0.39 is 0 Å². The van der Waals surface area contributed by atoms with E-state index in [1.54, 1.807) is 0 Å². The molecule has 0 radical (unpaired) electrons. The van der Waals surface area contributed by atoms with Crippen molar-refractivity contribution in [2.75, 3.05) is 6.54 Å². The van der Waals surface area contributed by atoms with E-state index in [1.165, 1.54) is 17.5 Å². The molecule has 0 aliphatic rings. The zero-order valence-electron chi connectivity index (χ0n) is 11.1. The van der Waals surface area contributed by atoms with Gasteiger partial charge >= 0.3 is 0 Å². The van der Waals surface area contributed by atoms with Gasteiger partial charge in [-0.15, -0.1) is 0 Å². The van der Waals surface area contributed by atoms with E-state index in [1.807, 2.05) is 0 Å². The summed E-state index contributed by atoms with van der Waals surface area (Å²) in [6.07, 6.45) is 2.34. The van der Waals surface area contributed by atoms with E-state index in [4.69, 9.17) is 0 Å². The molecule has 0 aliphatic heterocycles. The molecular weight excluding hydrogens is 194 g/mol. The molecule has 1 aromatic carbocycles. The molecule has 1 atom stereocenters. The summed E-state index contributed by atoms with van der Waals surface area (Å²) < 4.78 is 0. The molecule has 90 valence electrons. The van der Waals surface area contributed by atoms with Gasteiger partial charge in [0.15, 0.2) is 0 Å². The SMILES string of the molecule is CCC(NCCc1ccc(C)cc1)C(C)C. The van der Waals surface area contributed by atoms with Gasteiger partial charge in [-0.3, -0.25) is 0 Å². The number of nitrogens with one attached hydrogen (secondary N) is 1. The van der Waals surface area contributed by atoms with Gasteiger partial charge in [-0.05, 0) is 37.8 Å². The third kappa shape index (κ3) is 4.36. The smallest absolute Gasteiger partial charge is 0.00875 e. The topological polar surface area (TPSA) is 12.0 Å². The van der Waals surface area contributed by atoms with Crippen LogP contribution in [0.2, 0.25) is 0 Å². The summed E-state index contributed by atoms with van der Waals surface area (Å²) in [6.45, 7) is 10.0. The van der Waals surface area contributed by atoms with Gasteiger partial charge in [-0.2, -0.15) is 0 Å². The Morgan fingerprint density at radius 1 is 1.12 bits per heavy atom. The quantitative estimate of drug-likeness (QED) is 0.771. The zero-order chi connectivity index (χ0) is 12.0. The normalized spacial score (nSPS) is 13.1. The summed E-state index contributed by atoms with van der Waals surface area (Å²) in [7, 11) is 0. The van der Waals surface area contributed by atoms with Crippen LogP contribution in [0.3, 0.4) is 0 Å². The maximum absolute atomic E-state index is 3.63. The highest BCUT2D eigenvalue weighted by Crippen LogP contribution is 2.06. The van der Waals surface area contributed by atoms with Crippen LogP contribution in [0.15, 0.2) is 24.3 Å². The second-order valence-corrected chi connectivity index (χ2v) is 4.95. The molecule has 1 rings (SSSR count). The van der Waals surface area contributed by atoms with Crippen LogP contribution >= 0.6 is 0 Å². The summed E-state index contributed by atoms with van der Waals surface area (Å²) >= 11 is 0. The molecular formula is C15H25N. The van der Waals surface area contributed by atoms with Crippen molar-refractivity contribution >= 4 is 0 Å². The van der Waals surface area contributed by atoms with E-state index in [2.05, 4.69) is 57.3 Å². The molecule has 16 heavy (non-hydrogen) atoms. The van der Waals surface area contributed by atoms with E-state index in [0.29, 0.717) is 6.04 Å². The highest BCUT2D eigenvalue weighted by molar-refractivity contribution is 5.21. The zero-order valence-corrected chi connectivity index (χ0v) is 11.1. The molecule has 0 aliphatic carbocycles. The van der Waals surface area contributed by atoms with Crippen LogP contribution in [0.4, 0.5) is 0 Å². The summed E-state index contributed by atoms with van der Waals surface area (Å²) in [4.78, 5) is 0. The number of hydrogen-bond acceptors (Lipinski definition) is 1. The lowest BCUT2D eigenvalue weighted by Crippen LogP contribution is -2.34. The highest BCUT2D eigenvalue weighted by Gasteiger charge is 2.08. The van der Waals surface area contributed by atoms with Crippen LogP contribution in [-0.4, -0.2) is 12.6 Å². The van der Waals surface area contributed by atoms with Gasteiger partial charge in [0.1, 0.15) is 0 Å². The van der Waals surface area contributed by atoms with Crippen LogP contribution in [0.1, 0.15) is 38.3 Å². The lowest BCUT2D eigenvalue weighted by Gasteiger charge is -2.20. The van der Waals surface area contributed by atoms with Crippen molar-refractivity contribution in [1.29, 1.82) is 0 Å². The van der Waals surface area contributed by atoms with Gasteiger partial charge in [0.2, 0.25) is 0 Å². The fraction of sp³-hybridized carbons (Fsp3) is 0.600. The van der Waals surface area contributed by atoms with Crippen molar-refractivity contribution in [2.24, 2.45) is 5.92 Å². The fourth-order valence-electron chi connectivity index (χ4n) is 2.01. The molecule has 1 aromatic rings. The Morgan fingerprint density at radius 3 is 2.25 bits per heavy atom. The molecule has 1 unspecified atom stereocenters. The average Bonchev–Trinajstić information content (AvgIpc) is 2.26. The van der Waals surface area contributed by atoms with Crippen LogP contribution in [0, 0.1) is 12.8 Å². The summed E-state index contributed by atoms with van der Waals surface area (Å²) in [5.41, 5.74) is 2.77. The van der Waals surface area contributed by atoms with Gasteiger partial charge in [0, 0.05) is 6.04 Å². The standard InChI is InChI=1S/C15H25N/c1-5-15(12(2)3)16-11-10-14-8-6-13(4)7-9-14/h6-9,12,15-16H,5,10-11H2,1-4H3. The summed E-state index contributed by atoms with van der Waals surface area (Å²) in [5, 5.41) is 3.63. The maximum Gasteiger partial charge on any atom is 0.00875 e. The third-order valence-electron chi connectivity index (χ3n) is 3.19. The van der Waals surface area contributed by atoms with Crippen molar-refractivity contribution in [1.82, 2.24) is 5.32 Å². The summed E-state index contributed by atoms with van der Waals surface area (Å²) in [5.74, 6) is 0.725. The number of benzene rings is 1. The van der Waals surface area contributed by atoms with E-state index in [-0.39, 0.29) is 0 Å². The Morgan fingerprint density at radius 2 is 1.75 bits per heavy atom. The largest absolute Gasteiger partial charge is 0.313 e. The van der Waals surface area contributed by atoms with Crippen molar-refractivity contribution in [3.63, 3.8) is 0 Å². The third-order valence-corrected chi connectivity index (χ3v) is 3.19. The molecule has 0 spiro atoms. The molecule has 0 amide bonds. The first-order valence-corrected chi connectivity index (χ1v) is 6.42. The molecule has 0 bridgehead atoms.